The van der Waals surface area contributed by atoms with Gasteiger partial charge in [-0.05, 0) is 38.2 Å². The van der Waals surface area contributed by atoms with E-state index in [1.54, 1.807) is 16.6 Å². The van der Waals surface area contributed by atoms with Gasteiger partial charge in [0.1, 0.15) is 4.90 Å². The summed E-state index contributed by atoms with van der Waals surface area (Å²) in [7, 11) is -3.44. The highest BCUT2D eigenvalue weighted by molar-refractivity contribution is 7.89. The van der Waals surface area contributed by atoms with Gasteiger partial charge < -0.3 is 9.67 Å². The van der Waals surface area contributed by atoms with Gasteiger partial charge in [-0.25, -0.2) is 8.42 Å². The van der Waals surface area contributed by atoms with E-state index in [1.807, 2.05) is 11.5 Å². The Kier molecular flexibility index (Phi) is 4.12. The van der Waals surface area contributed by atoms with E-state index in [9.17, 15) is 13.5 Å². The minimum atomic E-state index is -3.44. The van der Waals surface area contributed by atoms with Crippen LogP contribution in [0.3, 0.4) is 0 Å². The zero-order chi connectivity index (χ0) is 15.0. The molecule has 0 radical (unpaired) electrons. The molecule has 118 valence electrons. The van der Waals surface area contributed by atoms with Gasteiger partial charge in [0.2, 0.25) is 10.0 Å². The summed E-state index contributed by atoms with van der Waals surface area (Å²) in [6, 6.07) is 2.14. The number of aliphatic hydroxyl groups is 1. The minimum Gasteiger partial charge on any atom is -0.390 e. The highest BCUT2D eigenvalue weighted by atomic mass is 32.2. The van der Waals surface area contributed by atoms with Crippen molar-refractivity contribution in [1.82, 2.24) is 8.87 Å². The molecule has 1 aliphatic heterocycles. The van der Waals surface area contributed by atoms with Crippen LogP contribution in [0.4, 0.5) is 0 Å². The van der Waals surface area contributed by atoms with Gasteiger partial charge in [0.15, 0.2) is 0 Å². The van der Waals surface area contributed by atoms with E-state index in [-0.39, 0.29) is 12.6 Å². The van der Waals surface area contributed by atoms with Crippen molar-refractivity contribution < 1.29 is 13.5 Å². The van der Waals surface area contributed by atoms with Crippen LogP contribution in [0, 0.1) is 0 Å². The summed E-state index contributed by atoms with van der Waals surface area (Å²) in [6.45, 7) is 2.56. The second-order valence-electron chi connectivity index (χ2n) is 6.14. The minimum absolute atomic E-state index is 0.108. The van der Waals surface area contributed by atoms with Crippen LogP contribution in [0.1, 0.15) is 57.2 Å². The summed E-state index contributed by atoms with van der Waals surface area (Å²) in [5.74, 6) is 0. The third-order valence-corrected chi connectivity index (χ3v) is 6.58. The van der Waals surface area contributed by atoms with Gasteiger partial charge in [0.05, 0.1) is 6.61 Å². The quantitative estimate of drug-likeness (QED) is 0.907. The van der Waals surface area contributed by atoms with Gasteiger partial charge >= 0.3 is 0 Å². The van der Waals surface area contributed by atoms with Gasteiger partial charge in [-0.3, -0.25) is 0 Å². The van der Waals surface area contributed by atoms with Crippen LogP contribution in [0.2, 0.25) is 0 Å². The Labute approximate surface area is 126 Å². The van der Waals surface area contributed by atoms with Crippen LogP contribution in [-0.4, -0.2) is 35.0 Å². The Bertz CT molecular complexity index is 604. The van der Waals surface area contributed by atoms with Crippen LogP contribution in [0.15, 0.2) is 17.2 Å². The van der Waals surface area contributed by atoms with Crippen molar-refractivity contribution in [2.75, 3.05) is 6.54 Å². The first kappa shape index (κ1) is 15.1. The fourth-order valence-corrected chi connectivity index (χ4v) is 5.11. The fourth-order valence-electron chi connectivity index (χ4n) is 3.29. The number of sulfonamides is 1. The van der Waals surface area contributed by atoms with E-state index in [0.29, 0.717) is 23.2 Å². The first-order valence-corrected chi connectivity index (χ1v) is 9.35. The Morgan fingerprint density at radius 2 is 2.05 bits per heavy atom. The zero-order valence-corrected chi connectivity index (χ0v) is 13.3. The highest BCUT2D eigenvalue weighted by Gasteiger charge is 2.35. The molecule has 6 heteroatoms. The van der Waals surface area contributed by atoms with E-state index in [2.05, 4.69) is 0 Å². The molecule has 1 saturated heterocycles. The molecule has 3 rings (SSSR count). The molecule has 21 heavy (non-hydrogen) atoms. The summed E-state index contributed by atoms with van der Waals surface area (Å²) in [5, 5.41) is 9.45. The van der Waals surface area contributed by atoms with Crippen molar-refractivity contribution in [3.05, 3.63) is 18.0 Å². The van der Waals surface area contributed by atoms with E-state index >= 15 is 0 Å². The first-order chi connectivity index (χ1) is 10.1. The van der Waals surface area contributed by atoms with Crippen LogP contribution < -0.4 is 0 Å². The maximum atomic E-state index is 12.9. The second kappa shape index (κ2) is 5.74. The van der Waals surface area contributed by atoms with Gasteiger partial charge in [0.25, 0.3) is 0 Å². The van der Waals surface area contributed by atoms with Crippen molar-refractivity contribution in [3.63, 3.8) is 0 Å². The summed E-state index contributed by atoms with van der Waals surface area (Å²) >= 11 is 0. The lowest BCUT2D eigenvalue weighted by Gasteiger charge is -2.33. The predicted molar refractivity (Wildman–Crippen MR) is 80.4 cm³/mol. The molecule has 0 aromatic carbocycles. The van der Waals surface area contributed by atoms with E-state index in [1.165, 1.54) is 0 Å². The lowest BCUT2D eigenvalue weighted by atomic mass is 10.0. The molecule has 2 fully saturated rings. The lowest BCUT2D eigenvalue weighted by molar-refractivity contribution is 0.246. The van der Waals surface area contributed by atoms with Crippen LogP contribution in [-0.2, 0) is 16.6 Å². The number of aromatic nitrogens is 1. The predicted octanol–water partition coefficient (Wildman–Crippen LogP) is 2.27. The molecule has 1 aliphatic carbocycles. The van der Waals surface area contributed by atoms with Crippen molar-refractivity contribution in [2.45, 2.75) is 69.0 Å². The molecule has 2 heterocycles. The second-order valence-corrected chi connectivity index (χ2v) is 8.03. The van der Waals surface area contributed by atoms with Crippen molar-refractivity contribution in [2.24, 2.45) is 0 Å². The third-order valence-electron chi connectivity index (χ3n) is 4.66. The molecule has 0 spiro atoms. The first-order valence-electron chi connectivity index (χ1n) is 7.91. The third kappa shape index (κ3) is 2.76. The molecule has 1 atom stereocenters. The monoisotopic (exact) mass is 312 g/mol. The maximum Gasteiger partial charge on any atom is 0.244 e. The van der Waals surface area contributed by atoms with Crippen molar-refractivity contribution in [3.8, 4) is 0 Å². The zero-order valence-electron chi connectivity index (χ0n) is 12.5. The largest absolute Gasteiger partial charge is 0.390 e. The molecule has 2 aliphatic rings. The summed E-state index contributed by atoms with van der Waals surface area (Å²) < 4.78 is 29.4. The number of hydrogen-bond donors (Lipinski definition) is 1. The maximum absolute atomic E-state index is 12.9. The fraction of sp³-hybridized carbons (Fsp3) is 0.733. The molecule has 1 unspecified atom stereocenters. The van der Waals surface area contributed by atoms with E-state index in [0.717, 1.165) is 38.5 Å². The molecule has 1 aromatic rings. The van der Waals surface area contributed by atoms with Gasteiger partial charge in [-0.15, -0.1) is 0 Å². The van der Waals surface area contributed by atoms with Gasteiger partial charge in [-0.2, -0.15) is 4.31 Å². The van der Waals surface area contributed by atoms with Gasteiger partial charge in [0, 0.05) is 30.5 Å². The molecule has 0 bridgehead atoms. The summed E-state index contributed by atoms with van der Waals surface area (Å²) in [4.78, 5) is 0.346. The average Bonchev–Trinajstić information content (AvgIpc) is 3.25. The number of hydrogen-bond acceptors (Lipinski definition) is 3. The molecule has 0 amide bonds. The molecule has 5 nitrogen and oxygen atoms in total. The highest BCUT2D eigenvalue weighted by Crippen LogP contribution is 2.38. The SMILES string of the molecule is CCC1CCCCN1S(=O)(=O)c1cc(CO)n(C2CC2)c1. The lowest BCUT2D eigenvalue weighted by Crippen LogP contribution is -2.43. The van der Waals surface area contributed by atoms with E-state index in [4.69, 9.17) is 0 Å². The topological polar surface area (TPSA) is 62.5 Å². The van der Waals surface area contributed by atoms with E-state index < -0.39 is 10.0 Å². The molecular weight excluding hydrogens is 288 g/mol. The van der Waals surface area contributed by atoms with Gasteiger partial charge in [-0.1, -0.05) is 13.3 Å². The number of nitrogens with zero attached hydrogens (tertiary/aromatic N) is 2. The number of piperidine rings is 1. The molecular formula is C15H24N2O3S. The summed E-state index contributed by atoms with van der Waals surface area (Å²) in [5.41, 5.74) is 0.709. The smallest absolute Gasteiger partial charge is 0.244 e. The Balaban J connectivity index is 1.93. The van der Waals surface area contributed by atoms with Crippen LogP contribution in [0.5, 0.6) is 0 Å². The van der Waals surface area contributed by atoms with Crippen LogP contribution in [0.25, 0.3) is 0 Å². The number of aliphatic hydroxyl groups excluding tert-OH is 1. The molecule has 1 saturated carbocycles. The van der Waals surface area contributed by atoms with Crippen LogP contribution >= 0.6 is 0 Å². The molecule has 1 aromatic heterocycles. The summed E-state index contributed by atoms with van der Waals surface area (Å²) in [6.07, 6.45) is 7.72. The van der Waals surface area contributed by atoms with Crippen molar-refractivity contribution >= 4 is 10.0 Å². The average molecular weight is 312 g/mol. The Hall–Kier alpha value is -0.850. The molecule has 1 N–H and O–H groups in total. The number of rotatable bonds is 5. The standard InChI is InChI=1S/C15H24N2O3S/c1-2-12-5-3-4-8-17(12)21(19,20)15-9-14(11-18)16(10-15)13-6-7-13/h9-10,12-13,18H,2-8,11H2,1H3. The Morgan fingerprint density at radius 1 is 1.29 bits per heavy atom. The normalized spacial score (nSPS) is 24.4. The Morgan fingerprint density at radius 3 is 2.67 bits per heavy atom. The van der Waals surface area contributed by atoms with Crippen molar-refractivity contribution in [1.29, 1.82) is 0 Å².